The van der Waals surface area contributed by atoms with E-state index in [-0.39, 0.29) is 27.5 Å². The van der Waals surface area contributed by atoms with E-state index in [0.29, 0.717) is 28.8 Å². The minimum absolute atomic E-state index is 0.156. The summed E-state index contributed by atoms with van der Waals surface area (Å²) in [5, 5.41) is 21.1. The molecule has 1 N–H and O–H groups in total. The number of hydrogen-bond donors (Lipinski definition) is 1. The van der Waals surface area contributed by atoms with Crippen molar-refractivity contribution in [3.8, 4) is 11.4 Å². The molecule has 1 aromatic heterocycles. The lowest BCUT2D eigenvalue weighted by molar-refractivity contribution is -0.122. The molecule has 14 heteroatoms. The molecule has 2 aliphatic rings. The highest BCUT2D eigenvalue weighted by atomic mass is 35.5. The van der Waals surface area contributed by atoms with Gasteiger partial charge in [0.1, 0.15) is 17.3 Å². The highest BCUT2D eigenvalue weighted by Gasteiger charge is 2.43. The molecule has 0 spiro atoms. The molecule has 3 aromatic carbocycles. The zero-order valence-electron chi connectivity index (χ0n) is 25.5. The van der Waals surface area contributed by atoms with Gasteiger partial charge in [-0.25, -0.2) is 0 Å². The minimum Gasteiger partial charge on any atom is -0.480 e. The van der Waals surface area contributed by atoms with Gasteiger partial charge in [0.15, 0.2) is 11.4 Å². The van der Waals surface area contributed by atoms with E-state index < -0.39 is 11.4 Å². The number of carbonyl (C=O) groups is 2. The fourth-order valence-corrected chi connectivity index (χ4v) is 7.11. The highest BCUT2D eigenvalue weighted by Crippen LogP contribution is 2.41. The minimum atomic E-state index is -0.739. The Morgan fingerprint density at radius 2 is 1.78 bits per heavy atom. The number of halogens is 2. The molecule has 2 amide bonds. The molecule has 0 bridgehead atoms. The van der Waals surface area contributed by atoms with Gasteiger partial charge < -0.3 is 15.0 Å². The Morgan fingerprint density at radius 1 is 1.07 bits per heavy atom. The van der Waals surface area contributed by atoms with Crippen LogP contribution in [0.1, 0.15) is 37.3 Å². The zero-order valence-corrected chi connectivity index (χ0v) is 27.8. The van der Waals surface area contributed by atoms with Gasteiger partial charge >= 0.3 is 0 Å². The molecule has 0 radical (unpaired) electrons. The number of carbonyl (C=O) groups excluding carboxylic acids is 2. The van der Waals surface area contributed by atoms with Gasteiger partial charge in [-0.1, -0.05) is 77.8 Å². The fourth-order valence-electron chi connectivity index (χ4n) is 5.42. The number of nitrogens with one attached hydrogen (secondary N) is 1. The normalized spacial score (nSPS) is 16.9. The van der Waals surface area contributed by atoms with Crippen molar-refractivity contribution in [3.63, 3.8) is 0 Å². The molecule has 2 unspecified atom stereocenters. The first-order valence-corrected chi connectivity index (χ1v) is 16.6. The molecule has 1 saturated heterocycles. The summed E-state index contributed by atoms with van der Waals surface area (Å²) in [6.45, 7) is 7.36. The molecule has 4 aromatic rings. The van der Waals surface area contributed by atoms with Crippen LogP contribution in [0.4, 0.5) is 11.4 Å². The molecule has 1 fully saturated rings. The van der Waals surface area contributed by atoms with E-state index in [4.69, 9.17) is 33.0 Å². The number of hydrazone groups is 1. The van der Waals surface area contributed by atoms with E-state index in [9.17, 15) is 9.59 Å². The maximum Gasteiger partial charge on any atom is 0.268 e. The summed E-state index contributed by atoms with van der Waals surface area (Å²) in [7, 11) is 0. The van der Waals surface area contributed by atoms with Crippen molar-refractivity contribution in [2.24, 2.45) is 5.10 Å². The van der Waals surface area contributed by atoms with Crippen LogP contribution < -0.4 is 15.1 Å². The van der Waals surface area contributed by atoms with Crippen LogP contribution in [0, 0.1) is 13.8 Å². The van der Waals surface area contributed by atoms with Crippen molar-refractivity contribution in [2.45, 2.75) is 56.5 Å². The highest BCUT2D eigenvalue weighted by molar-refractivity contribution is 8.01. The average Bonchev–Trinajstić information content (AvgIpc) is 3.79. The first kappa shape index (κ1) is 31.8. The third-order valence-electron chi connectivity index (χ3n) is 7.72. The van der Waals surface area contributed by atoms with Crippen LogP contribution in [0.15, 0.2) is 70.9 Å². The lowest BCUT2D eigenvalue weighted by Gasteiger charge is -2.20. The van der Waals surface area contributed by atoms with Crippen molar-refractivity contribution in [1.29, 1.82) is 0 Å². The van der Waals surface area contributed by atoms with Gasteiger partial charge in [-0.2, -0.15) is 9.69 Å². The Hall–Kier alpha value is -4.13. The SMILES string of the molecule is CCC(Oc1ccc(C)cc1C)C(=O)Nc1cc(Cl)c(N2N=C(N3CCCC3)C(Sc3nnnn3-c3ccccc3)C2=O)c(Cl)c1. The second-order valence-corrected chi connectivity index (χ2v) is 13.0. The summed E-state index contributed by atoms with van der Waals surface area (Å²) in [6.07, 6.45) is 1.70. The Bertz CT molecular complexity index is 1770. The van der Waals surface area contributed by atoms with E-state index in [0.717, 1.165) is 42.7 Å². The van der Waals surface area contributed by atoms with Gasteiger partial charge in [-0.3, -0.25) is 9.59 Å². The number of para-hydroxylation sites is 1. The molecule has 3 heterocycles. The van der Waals surface area contributed by atoms with Crippen LogP contribution >= 0.6 is 35.0 Å². The largest absolute Gasteiger partial charge is 0.480 e. The van der Waals surface area contributed by atoms with Crippen molar-refractivity contribution < 1.29 is 14.3 Å². The van der Waals surface area contributed by atoms with E-state index in [1.807, 2.05) is 69.3 Å². The summed E-state index contributed by atoms with van der Waals surface area (Å²) in [5.74, 6) is 0.557. The van der Waals surface area contributed by atoms with Crippen molar-refractivity contribution in [1.82, 2.24) is 25.1 Å². The number of amides is 2. The fraction of sp³-hybridized carbons (Fsp3) is 0.312. The summed E-state index contributed by atoms with van der Waals surface area (Å²) in [4.78, 5) is 29.4. The van der Waals surface area contributed by atoms with Crippen LogP contribution in [0.3, 0.4) is 0 Å². The number of thioether (sulfide) groups is 1. The number of ether oxygens (including phenoxy) is 1. The Morgan fingerprint density at radius 3 is 2.46 bits per heavy atom. The predicted octanol–water partition coefficient (Wildman–Crippen LogP) is 6.30. The van der Waals surface area contributed by atoms with E-state index in [1.54, 1.807) is 16.8 Å². The molecule has 2 atom stereocenters. The third kappa shape index (κ3) is 6.55. The van der Waals surface area contributed by atoms with Crippen LogP contribution in [0.25, 0.3) is 5.69 Å². The quantitative estimate of drug-likeness (QED) is 0.219. The Kier molecular flexibility index (Phi) is 9.48. The number of benzene rings is 3. The first-order chi connectivity index (χ1) is 22.2. The molecular weight excluding hydrogens is 647 g/mol. The summed E-state index contributed by atoms with van der Waals surface area (Å²) in [5.41, 5.74) is 3.42. The number of nitrogens with zero attached hydrogens (tertiary/aromatic N) is 7. The summed E-state index contributed by atoms with van der Waals surface area (Å²) in [6, 6.07) is 18.4. The Balaban J connectivity index is 1.24. The lowest BCUT2D eigenvalue weighted by atomic mass is 10.1. The standard InChI is InChI=1S/C32H32Cl2N8O3S/c1-4-25(45-26-13-12-19(2)16-20(26)3)30(43)35-21-17-23(33)27(24(34)18-21)42-31(44)28(29(37-42)40-14-8-9-15-40)46-32-36-38-39-41(32)22-10-6-5-7-11-22/h5-7,10-13,16-18,25,28H,4,8-9,14-15H2,1-3H3,(H,35,43). The number of anilines is 2. The van der Waals surface area contributed by atoms with Crippen LogP contribution in [0.5, 0.6) is 5.75 Å². The lowest BCUT2D eigenvalue weighted by Crippen LogP contribution is -2.37. The predicted molar refractivity (Wildman–Crippen MR) is 180 cm³/mol. The van der Waals surface area contributed by atoms with Gasteiger partial charge in [0.2, 0.25) is 5.16 Å². The maximum atomic E-state index is 14.0. The van der Waals surface area contributed by atoms with Gasteiger partial charge in [-0.05, 0) is 79.4 Å². The molecule has 0 saturated carbocycles. The molecule has 238 valence electrons. The van der Waals surface area contributed by atoms with Crippen molar-refractivity contribution in [2.75, 3.05) is 23.4 Å². The van der Waals surface area contributed by atoms with Crippen molar-refractivity contribution >= 4 is 64.0 Å². The number of amidine groups is 1. The van der Waals surface area contributed by atoms with Crippen molar-refractivity contribution in [3.05, 3.63) is 81.8 Å². The number of aromatic nitrogens is 4. The molecule has 0 aliphatic carbocycles. The zero-order chi connectivity index (χ0) is 32.4. The smallest absolute Gasteiger partial charge is 0.268 e. The third-order valence-corrected chi connectivity index (χ3v) is 9.41. The molecular formula is C32H32Cl2N8O3S. The van der Waals surface area contributed by atoms with Gasteiger partial charge in [0.25, 0.3) is 11.8 Å². The monoisotopic (exact) mass is 678 g/mol. The Labute approximate surface area is 280 Å². The first-order valence-electron chi connectivity index (χ1n) is 14.9. The van der Waals surface area contributed by atoms with E-state index in [2.05, 4.69) is 25.7 Å². The number of rotatable bonds is 9. The topological polar surface area (TPSA) is 118 Å². The second kappa shape index (κ2) is 13.7. The number of likely N-dealkylation sites (tertiary alicyclic amines) is 1. The van der Waals surface area contributed by atoms with Gasteiger partial charge in [0, 0.05) is 18.8 Å². The van der Waals surface area contributed by atoms with Gasteiger partial charge in [0.05, 0.1) is 15.7 Å². The van der Waals surface area contributed by atoms with Crippen LogP contribution in [0.2, 0.25) is 10.0 Å². The number of hydrogen-bond acceptors (Lipinski definition) is 9. The van der Waals surface area contributed by atoms with Crippen LogP contribution in [-0.2, 0) is 9.59 Å². The van der Waals surface area contributed by atoms with Gasteiger partial charge in [-0.15, -0.1) is 10.2 Å². The van der Waals surface area contributed by atoms with Crippen LogP contribution in [-0.4, -0.2) is 67.2 Å². The maximum absolute atomic E-state index is 14.0. The number of aryl methyl sites for hydroxylation is 2. The summed E-state index contributed by atoms with van der Waals surface area (Å²) >= 11 is 14.7. The van der Waals surface area contributed by atoms with E-state index in [1.165, 1.54) is 16.8 Å². The second-order valence-electron chi connectivity index (χ2n) is 11.1. The molecule has 2 aliphatic heterocycles. The average molecular weight is 680 g/mol. The van der Waals surface area contributed by atoms with E-state index >= 15 is 0 Å². The summed E-state index contributed by atoms with van der Waals surface area (Å²) < 4.78 is 7.63. The molecule has 6 rings (SSSR count). The molecule has 11 nitrogen and oxygen atoms in total. The number of tetrazole rings is 1. The molecule has 46 heavy (non-hydrogen) atoms.